The molecule has 180 valence electrons. The van der Waals surface area contributed by atoms with E-state index < -0.39 is 21.6 Å². The predicted molar refractivity (Wildman–Crippen MR) is 134 cm³/mol. The highest BCUT2D eigenvalue weighted by Gasteiger charge is 2.25. The number of hydrogen-bond donors (Lipinski definition) is 0. The highest BCUT2D eigenvalue weighted by Crippen LogP contribution is 2.26. The lowest BCUT2D eigenvalue weighted by molar-refractivity contribution is 0.0925. The molecule has 0 radical (unpaired) electrons. The number of rotatable bonds is 8. The van der Waals surface area contributed by atoms with E-state index >= 15 is 0 Å². The Kier molecular flexibility index (Phi) is 7.53. The molecule has 0 saturated carbocycles. The van der Waals surface area contributed by atoms with Gasteiger partial charge in [-0.15, -0.1) is 0 Å². The molecule has 0 aliphatic rings. The van der Waals surface area contributed by atoms with E-state index in [9.17, 15) is 18.0 Å². The molecule has 0 fully saturated rings. The Hall–Kier alpha value is -3.10. The van der Waals surface area contributed by atoms with Crippen LogP contribution < -0.4 is 5.56 Å². The van der Waals surface area contributed by atoms with Crippen LogP contribution in [0.25, 0.3) is 11.3 Å². The summed E-state index contributed by atoms with van der Waals surface area (Å²) in [7, 11) is -3.67. The van der Waals surface area contributed by atoms with Crippen molar-refractivity contribution in [2.24, 2.45) is 0 Å². The lowest BCUT2D eigenvalue weighted by atomic mass is 10.0. The van der Waals surface area contributed by atoms with Crippen LogP contribution in [0.3, 0.4) is 0 Å². The maximum absolute atomic E-state index is 13.1. The molecule has 0 bridgehead atoms. The number of benzene rings is 2. The van der Waals surface area contributed by atoms with E-state index in [0.29, 0.717) is 35.5 Å². The second kappa shape index (κ2) is 10.0. The molecule has 2 aromatic carbocycles. The fourth-order valence-electron chi connectivity index (χ4n) is 3.84. The van der Waals surface area contributed by atoms with Crippen LogP contribution in [0.15, 0.2) is 58.2 Å². The van der Waals surface area contributed by atoms with Gasteiger partial charge in [-0.3, -0.25) is 9.59 Å². The van der Waals surface area contributed by atoms with Gasteiger partial charge in [-0.25, -0.2) is 13.1 Å². The number of carbonyl (C=O) groups excluding carboxylic acids is 1. The summed E-state index contributed by atoms with van der Waals surface area (Å²) >= 11 is 0. The van der Waals surface area contributed by atoms with Crippen molar-refractivity contribution in [2.75, 3.05) is 13.1 Å². The number of hydrogen-bond acceptors (Lipinski definition) is 5. The molecule has 0 aliphatic carbocycles. The van der Waals surface area contributed by atoms with Gasteiger partial charge in [-0.1, -0.05) is 38.1 Å². The number of nitrogens with zero attached hydrogens (tertiary/aromatic N) is 3. The normalized spacial score (nSPS) is 12.7. The highest BCUT2D eigenvalue weighted by atomic mass is 32.2. The van der Waals surface area contributed by atoms with E-state index in [1.54, 1.807) is 58.0 Å². The molecule has 1 atom stereocenters. The summed E-state index contributed by atoms with van der Waals surface area (Å²) in [4.78, 5) is 25.9. The highest BCUT2D eigenvalue weighted by molar-refractivity contribution is 7.89. The molecule has 3 aromatic rings. The second-order valence-corrected chi connectivity index (χ2v) is 10.3. The minimum atomic E-state index is -3.67. The van der Waals surface area contributed by atoms with Crippen molar-refractivity contribution in [3.05, 3.63) is 81.1 Å². The minimum Gasteiger partial charge on any atom is -0.292 e. The average Bonchev–Trinajstić information content (AvgIpc) is 2.81. The fourth-order valence-corrected chi connectivity index (χ4v) is 5.55. The summed E-state index contributed by atoms with van der Waals surface area (Å²) < 4.78 is 28.8. The van der Waals surface area contributed by atoms with Crippen LogP contribution in [0.1, 0.15) is 53.9 Å². The van der Waals surface area contributed by atoms with E-state index in [4.69, 9.17) is 0 Å². The van der Waals surface area contributed by atoms with E-state index in [-0.39, 0.29) is 10.7 Å². The van der Waals surface area contributed by atoms with Crippen LogP contribution in [0, 0.1) is 20.8 Å². The predicted octanol–water partition coefficient (Wildman–Crippen LogP) is 4.31. The fraction of sp³-hybridized carbons (Fsp3) is 0.346. The SMILES string of the molecule is CCN(CC)S(=O)(=O)c1cc(-c2ccc(=O)n([C@H](C)C(=O)c3ccc(C)c(C)c3)n2)ccc1C. The van der Waals surface area contributed by atoms with Gasteiger partial charge in [0.05, 0.1) is 10.6 Å². The molecule has 8 heteroatoms. The smallest absolute Gasteiger partial charge is 0.267 e. The van der Waals surface area contributed by atoms with E-state index in [1.165, 1.54) is 10.4 Å². The largest absolute Gasteiger partial charge is 0.292 e. The Balaban J connectivity index is 2.05. The topological polar surface area (TPSA) is 89.3 Å². The van der Waals surface area contributed by atoms with Crippen LogP contribution in [0.5, 0.6) is 0 Å². The van der Waals surface area contributed by atoms with Gasteiger partial charge < -0.3 is 0 Å². The molecule has 0 unspecified atom stereocenters. The molecule has 0 saturated heterocycles. The number of carbonyl (C=O) groups is 1. The zero-order valence-electron chi connectivity index (χ0n) is 20.5. The first-order valence-corrected chi connectivity index (χ1v) is 12.8. The van der Waals surface area contributed by atoms with Gasteiger partial charge in [-0.05, 0) is 62.6 Å². The van der Waals surface area contributed by atoms with Crippen molar-refractivity contribution in [3.8, 4) is 11.3 Å². The summed E-state index contributed by atoms with van der Waals surface area (Å²) in [6.45, 7) is 11.6. The van der Waals surface area contributed by atoms with Crippen LogP contribution in [-0.2, 0) is 10.0 Å². The summed E-state index contributed by atoms with van der Waals surface area (Å²) in [5.41, 5.74) is 3.77. The Morgan fingerprint density at radius 2 is 1.59 bits per heavy atom. The van der Waals surface area contributed by atoms with E-state index in [1.807, 2.05) is 26.0 Å². The first kappa shape index (κ1) is 25.5. The monoisotopic (exact) mass is 481 g/mol. The van der Waals surface area contributed by atoms with Gasteiger partial charge in [0.25, 0.3) is 5.56 Å². The first-order chi connectivity index (χ1) is 16.0. The van der Waals surface area contributed by atoms with Crippen LogP contribution in [0.2, 0.25) is 0 Å². The number of aromatic nitrogens is 2. The number of aryl methyl sites for hydroxylation is 3. The van der Waals surface area contributed by atoms with Crippen molar-refractivity contribution < 1.29 is 13.2 Å². The van der Waals surface area contributed by atoms with Gasteiger partial charge in [0.2, 0.25) is 10.0 Å². The molecule has 1 aromatic heterocycles. The third-order valence-corrected chi connectivity index (χ3v) is 8.36. The van der Waals surface area contributed by atoms with E-state index in [2.05, 4.69) is 5.10 Å². The number of Topliss-reactive ketones (excluding diaryl/α,β-unsaturated/α-hetero) is 1. The van der Waals surface area contributed by atoms with Crippen molar-refractivity contribution in [1.82, 2.24) is 14.1 Å². The van der Waals surface area contributed by atoms with Gasteiger partial charge >= 0.3 is 0 Å². The zero-order valence-corrected chi connectivity index (χ0v) is 21.3. The third kappa shape index (κ3) is 4.88. The van der Waals surface area contributed by atoms with Crippen molar-refractivity contribution in [1.29, 1.82) is 0 Å². The Bertz CT molecular complexity index is 1390. The Labute approximate surface area is 201 Å². The lowest BCUT2D eigenvalue weighted by Crippen LogP contribution is -2.31. The number of ketones is 1. The van der Waals surface area contributed by atoms with Gasteiger partial charge in [0.1, 0.15) is 6.04 Å². The Morgan fingerprint density at radius 3 is 2.21 bits per heavy atom. The molecule has 0 spiro atoms. The number of sulfonamides is 1. The summed E-state index contributed by atoms with van der Waals surface area (Å²) in [5, 5.41) is 4.44. The molecule has 0 amide bonds. The summed E-state index contributed by atoms with van der Waals surface area (Å²) in [6, 6.07) is 12.6. The maximum Gasteiger partial charge on any atom is 0.267 e. The molecular weight excluding hydrogens is 450 g/mol. The quantitative estimate of drug-likeness (QED) is 0.447. The van der Waals surface area contributed by atoms with Crippen molar-refractivity contribution in [3.63, 3.8) is 0 Å². The first-order valence-electron chi connectivity index (χ1n) is 11.3. The van der Waals surface area contributed by atoms with Gasteiger partial charge in [-0.2, -0.15) is 9.40 Å². The lowest BCUT2D eigenvalue weighted by Gasteiger charge is -2.20. The standard InChI is InChI=1S/C26H31N3O4S/c1-7-28(8-2)34(32,33)24-16-21(11-10-18(24)4)23-13-14-25(30)29(27-23)20(6)26(31)22-12-9-17(3)19(5)15-22/h9-16,20H,7-8H2,1-6H3/t20-/m1/s1. The van der Waals surface area contributed by atoms with Gasteiger partial charge in [0, 0.05) is 30.3 Å². The average molecular weight is 482 g/mol. The second-order valence-electron chi connectivity index (χ2n) is 8.41. The van der Waals surface area contributed by atoms with Gasteiger partial charge in [0.15, 0.2) is 5.78 Å². The van der Waals surface area contributed by atoms with Crippen LogP contribution >= 0.6 is 0 Å². The molecule has 3 rings (SSSR count). The van der Waals surface area contributed by atoms with Crippen LogP contribution in [0.4, 0.5) is 0 Å². The molecular formula is C26H31N3O4S. The molecule has 0 aliphatic heterocycles. The minimum absolute atomic E-state index is 0.201. The zero-order chi connectivity index (χ0) is 25.2. The van der Waals surface area contributed by atoms with Crippen LogP contribution in [-0.4, -0.2) is 41.4 Å². The van der Waals surface area contributed by atoms with Crippen molar-refractivity contribution >= 4 is 15.8 Å². The van der Waals surface area contributed by atoms with Crippen molar-refractivity contribution in [2.45, 2.75) is 52.5 Å². The molecule has 1 heterocycles. The Morgan fingerprint density at radius 1 is 0.941 bits per heavy atom. The maximum atomic E-state index is 13.1. The third-order valence-electron chi connectivity index (χ3n) is 6.17. The van der Waals surface area contributed by atoms with E-state index in [0.717, 1.165) is 15.8 Å². The summed E-state index contributed by atoms with van der Waals surface area (Å²) in [5.74, 6) is -0.219. The molecule has 34 heavy (non-hydrogen) atoms. The molecule has 7 nitrogen and oxygen atoms in total. The molecule has 0 N–H and O–H groups in total. The summed E-state index contributed by atoms with van der Waals surface area (Å²) in [6.07, 6.45) is 0.